The van der Waals surface area contributed by atoms with E-state index in [1.54, 1.807) is 0 Å². The Bertz CT molecular complexity index is 274. The van der Waals surface area contributed by atoms with Gasteiger partial charge in [-0.25, -0.2) is 4.79 Å². The minimum absolute atomic E-state index is 0.0756. The van der Waals surface area contributed by atoms with Gasteiger partial charge in [0, 0.05) is 5.92 Å². The number of carboxylic acids is 1. The predicted molar refractivity (Wildman–Crippen MR) is 70.3 cm³/mol. The first kappa shape index (κ1) is 15.0. The maximum absolute atomic E-state index is 11.5. The highest BCUT2D eigenvalue weighted by atomic mass is 16.4. The average molecular weight is 255 g/mol. The van der Waals surface area contributed by atoms with Gasteiger partial charge in [0.25, 0.3) is 0 Å². The van der Waals surface area contributed by atoms with Crippen molar-refractivity contribution in [3.05, 3.63) is 0 Å². The van der Waals surface area contributed by atoms with Crippen molar-refractivity contribution in [2.24, 2.45) is 5.92 Å². The Morgan fingerprint density at radius 1 is 1.17 bits per heavy atom. The van der Waals surface area contributed by atoms with Gasteiger partial charge < -0.3 is 10.4 Å². The lowest BCUT2D eigenvalue weighted by Gasteiger charge is -2.14. The Hall–Kier alpha value is -1.06. The van der Waals surface area contributed by atoms with Crippen molar-refractivity contribution in [1.82, 2.24) is 5.32 Å². The van der Waals surface area contributed by atoms with Gasteiger partial charge in [-0.05, 0) is 19.3 Å². The Kier molecular flexibility index (Phi) is 6.76. The first-order valence-corrected chi connectivity index (χ1v) is 7.18. The minimum Gasteiger partial charge on any atom is -0.480 e. The number of nitrogens with one attached hydrogen (secondary N) is 1. The second kappa shape index (κ2) is 8.11. The van der Waals surface area contributed by atoms with Gasteiger partial charge in [0.05, 0.1) is 0 Å². The highest BCUT2D eigenvalue weighted by Gasteiger charge is 2.32. The van der Waals surface area contributed by atoms with Gasteiger partial charge in [0.15, 0.2) is 0 Å². The number of hydrogen-bond donors (Lipinski definition) is 2. The van der Waals surface area contributed by atoms with E-state index in [0.717, 1.165) is 32.1 Å². The third kappa shape index (κ3) is 6.03. The molecule has 104 valence electrons. The monoisotopic (exact) mass is 255 g/mol. The summed E-state index contributed by atoms with van der Waals surface area (Å²) in [6, 6.07) is -0.690. The lowest BCUT2D eigenvalue weighted by molar-refractivity contribution is -0.142. The van der Waals surface area contributed by atoms with Crippen LogP contribution in [0.1, 0.15) is 64.7 Å². The fourth-order valence-corrected chi connectivity index (χ4v) is 2.02. The van der Waals surface area contributed by atoms with Crippen molar-refractivity contribution >= 4 is 11.9 Å². The zero-order valence-corrected chi connectivity index (χ0v) is 11.3. The van der Waals surface area contributed by atoms with E-state index >= 15 is 0 Å². The summed E-state index contributed by atoms with van der Waals surface area (Å²) in [7, 11) is 0. The van der Waals surface area contributed by atoms with Crippen molar-refractivity contribution < 1.29 is 14.7 Å². The Morgan fingerprint density at radius 2 is 1.78 bits per heavy atom. The van der Waals surface area contributed by atoms with Gasteiger partial charge in [-0.1, -0.05) is 45.4 Å². The molecular weight excluding hydrogens is 230 g/mol. The van der Waals surface area contributed by atoms with Crippen LogP contribution >= 0.6 is 0 Å². The lowest BCUT2D eigenvalue weighted by atomic mass is 10.1. The molecule has 0 heterocycles. The number of hydrogen-bond acceptors (Lipinski definition) is 2. The number of amides is 1. The lowest BCUT2D eigenvalue weighted by Crippen LogP contribution is -2.41. The van der Waals surface area contributed by atoms with E-state index in [4.69, 9.17) is 5.11 Å². The first-order valence-electron chi connectivity index (χ1n) is 7.18. The van der Waals surface area contributed by atoms with Gasteiger partial charge in [-0.15, -0.1) is 0 Å². The zero-order valence-electron chi connectivity index (χ0n) is 11.3. The number of carboxylic acid groups (broad SMARTS) is 1. The van der Waals surface area contributed by atoms with Crippen LogP contribution in [0.5, 0.6) is 0 Å². The Labute approximate surface area is 109 Å². The van der Waals surface area contributed by atoms with E-state index in [-0.39, 0.29) is 11.8 Å². The molecule has 1 saturated carbocycles. The average Bonchev–Trinajstić information content (AvgIpc) is 3.15. The molecule has 1 fully saturated rings. The molecule has 0 aliphatic heterocycles. The summed E-state index contributed by atoms with van der Waals surface area (Å²) in [4.78, 5) is 22.5. The normalized spacial score (nSPS) is 16.3. The van der Waals surface area contributed by atoms with Gasteiger partial charge in [-0.2, -0.15) is 0 Å². The van der Waals surface area contributed by atoms with E-state index in [9.17, 15) is 9.59 Å². The van der Waals surface area contributed by atoms with Crippen LogP contribution in [0.2, 0.25) is 0 Å². The topological polar surface area (TPSA) is 66.4 Å². The molecule has 4 heteroatoms. The molecule has 1 aliphatic rings. The van der Waals surface area contributed by atoms with E-state index < -0.39 is 12.0 Å². The molecule has 0 aromatic heterocycles. The fourth-order valence-electron chi connectivity index (χ4n) is 2.02. The van der Waals surface area contributed by atoms with Gasteiger partial charge in [0.1, 0.15) is 6.04 Å². The summed E-state index contributed by atoms with van der Waals surface area (Å²) in [6.07, 6.45) is 9.17. The summed E-state index contributed by atoms with van der Waals surface area (Å²) in [6.45, 7) is 2.17. The van der Waals surface area contributed by atoms with Gasteiger partial charge >= 0.3 is 5.97 Å². The van der Waals surface area contributed by atoms with Crippen LogP contribution < -0.4 is 5.32 Å². The van der Waals surface area contributed by atoms with Crippen LogP contribution in [0.3, 0.4) is 0 Å². The van der Waals surface area contributed by atoms with Crippen molar-refractivity contribution in [1.29, 1.82) is 0 Å². The van der Waals surface area contributed by atoms with Crippen LogP contribution in [-0.2, 0) is 9.59 Å². The Morgan fingerprint density at radius 3 is 2.33 bits per heavy atom. The van der Waals surface area contributed by atoms with E-state index in [1.807, 2.05) is 0 Å². The SMILES string of the molecule is CCCCCCCC[C@H](NC(=O)C1CC1)C(=O)O. The molecule has 2 N–H and O–H groups in total. The highest BCUT2D eigenvalue weighted by Crippen LogP contribution is 2.29. The molecule has 4 nitrogen and oxygen atoms in total. The highest BCUT2D eigenvalue weighted by molar-refractivity contribution is 5.86. The molecule has 0 saturated heterocycles. The molecule has 0 aromatic carbocycles. The predicted octanol–water partition coefficient (Wildman–Crippen LogP) is 2.72. The second-order valence-corrected chi connectivity index (χ2v) is 5.23. The van der Waals surface area contributed by atoms with Crippen molar-refractivity contribution in [3.8, 4) is 0 Å². The van der Waals surface area contributed by atoms with Gasteiger partial charge in [-0.3, -0.25) is 4.79 Å². The number of rotatable bonds is 10. The van der Waals surface area contributed by atoms with Crippen LogP contribution in [-0.4, -0.2) is 23.0 Å². The summed E-state index contributed by atoms with van der Waals surface area (Å²) < 4.78 is 0. The second-order valence-electron chi connectivity index (χ2n) is 5.23. The molecule has 0 aromatic rings. The van der Waals surface area contributed by atoms with Gasteiger partial charge in [0.2, 0.25) is 5.91 Å². The molecule has 0 radical (unpaired) electrons. The summed E-state index contributed by atoms with van der Waals surface area (Å²) in [5.41, 5.74) is 0. The van der Waals surface area contributed by atoms with Crippen molar-refractivity contribution in [2.75, 3.05) is 0 Å². The quantitative estimate of drug-likeness (QED) is 0.590. The molecule has 0 bridgehead atoms. The maximum Gasteiger partial charge on any atom is 0.326 e. The fraction of sp³-hybridized carbons (Fsp3) is 0.857. The molecule has 0 spiro atoms. The molecule has 18 heavy (non-hydrogen) atoms. The van der Waals surface area contributed by atoms with E-state index in [1.165, 1.54) is 19.3 Å². The van der Waals surface area contributed by atoms with Crippen LogP contribution in [0.15, 0.2) is 0 Å². The molecule has 1 atom stereocenters. The smallest absolute Gasteiger partial charge is 0.326 e. The molecule has 1 amide bonds. The van der Waals surface area contributed by atoms with Crippen LogP contribution in [0, 0.1) is 5.92 Å². The molecule has 0 unspecified atom stereocenters. The largest absolute Gasteiger partial charge is 0.480 e. The summed E-state index contributed by atoms with van der Waals surface area (Å²) >= 11 is 0. The number of carbonyl (C=O) groups excluding carboxylic acids is 1. The van der Waals surface area contributed by atoms with Crippen LogP contribution in [0.25, 0.3) is 0 Å². The molecule has 1 rings (SSSR count). The Balaban J connectivity index is 2.13. The van der Waals surface area contributed by atoms with Crippen molar-refractivity contribution in [3.63, 3.8) is 0 Å². The number of unbranched alkanes of at least 4 members (excludes halogenated alkanes) is 5. The van der Waals surface area contributed by atoms with Crippen LogP contribution in [0.4, 0.5) is 0 Å². The summed E-state index contributed by atoms with van der Waals surface area (Å²) in [5.74, 6) is -0.901. The maximum atomic E-state index is 11.5. The first-order chi connectivity index (χ1) is 8.65. The molecular formula is C14H25NO3. The molecule has 1 aliphatic carbocycles. The zero-order chi connectivity index (χ0) is 13.4. The number of aliphatic carboxylic acids is 1. The van der Waals surface area contributed by atoms with Crippen molar-refractivity contribution in [2.45, 2.75) is 70.8 Å². The van der Waals surface area contributed by atoms with E-state index in [2.05, 4.69) is 12.2 Å². The standard InChI is InChI=1S/C14H25NO3/c1-2-3-4-5-6-7-8-12(14(17)18)15-13(16)11-9-10-11/h11-12H,2-10H2,1H3,(H,15,16)(H,17,18)/t12-/m0/s1. The third-order valence-corrected chi connectivity index (χ3v) is 3.41. The minimum atomic E-state index is -0.905. The third-order valence-electron chi connectivity index (χ3n) is 3.41. The van der Waals surface area contributed by atoms with E-state index in [0.29, 0.717) is 6.42 Å². The number of carbonyl (C=O) groups is 2. The summed E-state index contributed by atoms with van der Waals surface area (Å²) in [5, 5.41) is 11.7.